The predicted molar refractivity (Wildman–Crippen MR) is 108 cm³/mol. The second-order valence-electron chi connectivity index (χ2n) is 6.20. The van der Waals surface area contributed by atoms with Crippen molar-refractivity contribution in [2.24, 2.45) is 5.92 Å². The van der Waals surface area contributed by atoms with Crippen LogP contribution >= 0.6 is 23.2 Å². The quantitative estimate of drug-likeness (QED) is 0.644. The van der Waals surface area contributed by atoms with Crippen LogP contribution in [0.15, 0.2) is 42.5 Å². The standard InChI is InChI=1S/C19H21Cl2N3O2/c1-11(2)18(25)23-15-7-5-14(6-8-15)22-12(3)19(26)24-17-10-13(20)4-9-16(17)21/h4-12,22H,1-3H3,(H,23,25)(H,24,26). The first kappa shape index (κ1) is 20.1. The SMILES string of the molecule is CC(C)C(=O)Nc1ccc(NC(C)C(=O)Nc2cc(Cl)ccc2Cl)cc1. The van der Waals surface area contributed by atoms with E-state index in [0.29, 0.717) is 21.4 Å². The van der Waals surface area contributed by atoms with Gasteiger partial charge in [-0.1, -0.05) is 37.0 Å². The minimum Gasteiger partial charge on any atom is -0.374 e. The zero-order chi connectivity index (χ0) is 19.3. The van der Waals surface area contributed by atoms with E-state index in [1.807, 2.05) is 13.8 Å². The number of hydrogen-bond donors (Lipinski definition) is 3. The summed E-state index contributed by atoms with van der Waals surface area (Å²) in [4.78, 5) is 24.0. The summed E-state index contributed by atoms with van der Waals surface area (Å²) in [5.74, 6) is -0.377. The minimum atomic E-state index is -0.499. The summed E-state index contributed by atoms with van der Waals surface area (Å²) in [6.45, 7) is 5.40. The van der Waals surface area contributed by atoms with Gasteiger partial charge in [0.05, 0.1) is 10.7 Å². The third-order valence-corrected chi connectivity index (χ3v) is 4.20. The second-order valence-corrected chi connectivity index (χ2v) is 7.04. The molecule has 0 aliphatic heterocycles. The summed E-state index contributed by atoms with van der Waals surface area (Å²) >= 11 is 12.0. The summed E-state index contributed by atoms with van der Waals surface area (Å²) in [6.07, 6.45) is 0. The smallest absolute Gasteiger partial charge is 0.246 e. The highest BCUT2D eigenvalue weighted by molar-refractivity contribution is 6.35. The van der Waals surface area contributed by atoms with Crippen molar-refractivity contribution in [1.29, 1.82) is 0 Å². The first-order valence-electron chi connectivity index (χ1n) is 8.19. The molecule has 2 aromatic rings. The highest BCUT2D eigenvalue weighted by Gasteiger charge is 2.15. The van der Waals surface area contributed by atoms with Crippen molar-refractivity contribution < 1.29 is 9.59 Å². The summed E-state index contributed by atoms with van der Waals surface area (Å²) in [6, 6.07) is 11.5. The lowest BCUT2D eigenvalue weighted by Crippen LogP contribution is -2.31. The number of rotatable bonds is 6. The number of carbonyl (C=O) groups is 2. The van der Waals surface area contributed by atoms with Crippen LogP contribution in [0.5, 0.6) is 0 Å². The van der Waals surface area contributed by atoms with Crippen LogP contribution in [0, 0.1) is 5.92 Å². The fourth-order valence-electron chi connectivity index (χ4n) is 2.09. The molecular formula is C19H21Cl2N3O2. The lowest BCUT2D eigenvalue weighted by molar-refractivity contribution is -0.119. The van der Waals surface area contributed by atoms with Crippen LogP contribution in [-0.4, -0.2) is 17.9 Å². The molecule has 0 saturated heterocycles. The van der Waals surface area contributed by atoms with Gasteiger partial charge in [-0.3, -0.25) is 9.59 Å². The molecule has 0 saturated carbocycles. The van der Waals surface area contributed by atoms with Gasteiger partial charge >= 0.3 is 0 Å². The molecule has 0 spiro atoms. The van der Waals surface area contributed by atoms with Crippen LogP contribution in [0.25, 0.3) is 0 Å². The van der Waals surface area contributed by atoms with Gasteiger partial charge < -0.3 is 16.0 Å². The Kier molecular flexibility index (Phi) is 6.89. The maximum Gasteiger partial charge on any atom is 0.246 e. The highest BCUT2D eigenvalue weighted by Crippen LogP contribution is 2.25. The van der Waals surface area contributed by atoms with Gasteiger partial charge in [-0.25, -0.2) is 0 Å². The monoisotopic (exact) mass is 393 g/mol. The van der Waals surface area contributed by atoms with Gasteiger partial charge in [0.2, 0.25) is 11.8 Å². The molecule has 0 aliphatic carbocycles. The van der Waals surface area contributed by atoms with Crippen molar-refractivity contribution in [1.82, 2.24) is 0 Å². The van der Waals surface area contributed by atoms with Crippen molar-refractivity contribution in [3.05, 3.63) is 52.5 Å². The Bertz CT molecular complexity index is 792. The van der Waals surface area contributed by atoms with E-state index in [-0.39, 0.29) is 17.7 Å². The molecule has 1 atom stereocenters. The summed E-state index contributed by atoms with van der Waals surface area (Å²) in [7, 11) is 0. The molecule has 7 heteroatoms. The number of halogens is 2. The van der Waals surface area contributed by atoms with Crippen molar-refractivity contribution in [3.8, 4) is 0 Å². The van der Waals surface area contributed by atoms with Gasteiger partial charge in [0, 0.05) is 22.3 Å². The molecule has 2 aromatic carbocycles. The van der Waals surface area contributed by atoms with Crippen molar-refractivity contribution in [2.75, 3.05) is 16.0 Å². The van der Waals surface area contributed by atoms with E-state index in [1.54, 1.807) is 49.4 Å². The molecule has 138 valence electrons. The number of nitrogens with one attached hydrogen (secondary N) is 3. The van der Waals surface area contributed by atoms with Crippen LogP contribution in [0.4, 0.5) is 17.1 Å². The summed E-state index contributed by atoms with van der Waals surface area (Å²) < 4.78 is 0. The van der Waals surface area contributed by atoms with E-state index in [0.717, 1.165) is 5.69 Å². The first-order valence-corrected chi connectivity index (χ1v) is 8.95. The van der Waals surface area contributed by atoms with Gasteiger partial charge in [-0.15, -0.1) is 0 Å². The van der Waals surface area contributed by atoms with Gasteiger partial charge in [0.25, 0.3) is 0 Å². The lowest BCUT2D eigenvalue weighted by atomic mass is 10.2. The topological polar surface area (TPSA) is 70.2 Å². The van der Waals surface area contributed by atoms with E-state index in [1.165, 1.54) is 0 Å². The third kappa shape index (κ3) is 5.64. The number of benzene rings is 2. The van der Waals surface area contributed by atoms with Crippen molar-refractivity contribution in [2.45, 2.75) is 26.8 Å². The Labute approximate surface area is 163 Å². The maximum atomic E-state index is 12.3. The maximum absolute atomic E-state index is 12.3. The molecule has 1 unspecified atom stereocenters. The number of carbonyl (C=O) groups excluding carboxylic acids is 2. The Morgan fingerprint density at radius 3 is 2.08 bits per heavy atom. The van der Waals surface area contributed by atoms with Crippen molar-refractivity contribution in [3.63, 3.8) is 0 Å². The second kappa shape index (κ2) is 8.92. The zero-order valence-electron chi connectivity index (χ0n) is 14.8. The van der Waals surface area contributed by atoms with Crippen LogP contribution in [0.2, 0.25) is 10.0 Å². The van der Waals surface area contributed by atoms with E-state index in [4.69, 9.17) is 23.2 Å². The molecule has 0 aromatic heterocycles. The molecule has 5 nitrogen and oxygen atoms in total. The van der Waals surface area contributed by atoms with Gasteiger partial charge in [-0.2, -0.15) is 0 Å². The predicted octanol–water partition coefficient (Wildman–Crippen LogP) is 5.03. The first-order chi connectivity index (χ1) is 12.3. The Morgan fingerprint density at radius 2 is 1.46 bits per heavy atom. The summed E-state index contributed by atoms with van der Waals surface area (Å²) in [5.41, 5.74) is 1.93. The van der Waals surface area contributed by atoms with Crippen LogP contribution in [-0.2, 0) is 9.59 Å². The lowest BCUT2D eigenvalue weighted by Gasteiger charge is -2.16. The van der Waals surface area contributed by atoms with E-state index in [9.17, 15) is 9.59 Å². The van der Waals surface area contributed by atoms with Gasteiger partial charge in [0.1, 0.15) is 6.04 Å². The summed E-state index contributed by atoms with van der Waals surface area (Å²) in [5, 5.41) is 9.57. The molecule has 0 heterocycles. The molecule has 0 bridgehead atoms. The molecule has 3 N–H and O–H groups in total. The van der Waals surface area contributed by atoms with Crippen LogP contribution in [0.3, 0.4) is 0 Å². The highest BCUT2D eigenvalue weighted by atomic mass is 35.5. The Balaban J connectivity index is 1.96. The molecular weight excluding hydrogens is 373 g/mol. The largest absolute Gasteiger partial charge is 0.374 e. The average Bonchev–Trinajstić information content (AvgIpc) is 2.59. The van der Waals surface area contributed by atoms with Crippen LogP contribution in [0.1, 0.15) is 20.8 Å². The Morgan fingerprint density at radius 1 is 0.846 bits per heavy atom. The van der Waals surface area contributed by atoms with Crippen LogP contribution < -0.4 is 16.0 Å². The number of hydrogen-bond acceptors (Lipinski definition) is 3. The number of anilines is 3. The fourth-order valence-corrected chi connectivity index (χ4v) is 2.42. The van der Waals surface area contributed by atoms with E-state index in [2.05, 4.69) is 16.0 Å². The van der Waals surface area contributed by atoms with Gasteiger partial charge in [-0.05, 0) is 49.4 Å². The molecule has 0 fully saturated rings. The Hall–Kier alpha value is -2.24. The molecule has 0 radical (unpaired) electrons. The molecule has 26 heavy (non-hydrogen) atoms. The fraction of sp³-hybridized carbons (Fsp3) is 0.263. The van der Waals surface area contributed by atoms with Crippen molar-refractivity contribution >= 4 is 52.1 Å². The third-order valence-electron chi connectivity index (χ3n) is 3.64. The zero-order valence-corrected chi connectivity index (χ0v) is 16.3. The number of amides is 2. The molecule has 0 aliphatic rings. The van der Waals surface area contributed by atoms with E-state index < -0.39 is 6.04 Å². The average molecular weight is 394 g/mol. The molecule has 2 rings (SSSR count). The molecule has 2 amide bonds. The van der Waals surface area contributed by atoms with Gasteiger partial charge in [0.15, 0.2) is 0 Å². The normalized spacial score (nSPS) is 11.8. The minimum absolute atomic E-state index is 0.0446. The van der Waals surface area contributed by atoms with E-state index >= 15 is 0 Å².